The molecule has 0 unspecified atom stereocenters. The molecule has 1 aromatic carbocycles. The SMILES string of the molecule is Cc1cnc(Cn2c(CCl)nc3c(F)cc(F)cc32)cn1. The molecule has 3 rings (SSSR count). The second kappa shape index (κ2) is 5.37. The van der Waals surface area contributed by atoms with Crippen LogP contribution < -0.4 is 0 Å². The van der Waals surface area contributed by atoms with Gasteiger partial charge in [0.1, 0.15) is 17.2 Å². The summed E-state index contributed by atoms with van der Waals surface area (Å²) in [6.45, 7) is 2.13. The van der Waals surface area contributed by atoms with Gasteiger partial charge >= 0.3 is 0 Å². The number of halogens is 3. The highest BCUT2D eigenvalue weighted by Gasteiger charge is 2.15. The van der Waals surface area contributed by atoms with E-state index < -0.39 is 11.6 Å². The van der Waals surface area contributed by atoms with E-state index in [1.165, 1.54) is 6.07 Å². The quantitative estimate of drug-likeness (QED) is 0.698. The molecule has 0 amide bonds. The zero-order valence-corrected chi connectivity index (χ0v) is 11.9. The molecule has 0 spiro atoms. The van der Waals surface area contributed by atoms with E-state index in [4.69, 9.17) is 11.6 Å². The van der Waals surface area contributed by atoms with E-state index >= 15 is 0 Å². The minimum absolute atomic E-state index is 0.0923. The summed E-state index contributed by atoms with van der Waals surface area (Å²) >= 11 is 5.85. The third kappa shape index (κ3) is 2.58. The van der Waals surface area contributed by atoms with Crippen molar-refractivity contribution in [3.63, 3.8) is 0 Å². The van der Waals surface area contributed by atoms with Crippen molar-refractivity contribution in [3.8, 4) is 0 Å². The number of hydrogen-bond donors (Lipinski definition) is 0. The Hall–Kier alpha value is -2.08. The van der Waals surface area contributed by atoms with Crippen LogP contribution in [0.3, 0.4) is 0 Å². The van der Waals surface area contributed by atoms with Crippen molar-refractivity contribution in [1.82, 2.24) is 19.5 Å². The van der Waals surface area contributed by atoms with Crippen molar-refractivity contribution in [2.75, 3.05) is 0 Å². The summed E-state index contributed by atoms with van der Waals surface area (Å²) < 4.78 is 28.9. The number of aryl methyl sites for hydroxylation is 1. The summed E-state index contributed by atoms with van der Waals surface area (Å²) in [5, 5.41) is 0. The fourth-order valence-corrected chi connectivity index (χ4v) is 2.34. The Kier molecular flexibility index (Phi) is 3.55. The smallest absolute Gasteiger partial charge is 0.153 e. The Morgan fingerprint density at radius 2 is 2.00 bits per heavy atom. The summed E-state index contributed by atoms with van der Waals surface area (Å²) in [7, 11) is 0. The maximum atomic E-state index is 13.8. The predicted molar refractivity (Wildman–Crippen MR) is 75.1 cm³/mol. The van der Waals surface area contributed by atoms with Gasteiger partial charge in [-0.3, -0.25) is 9.97 Å². The Morgan fingerprint density at radius 1 is 1.19 bits per heavy atom. The summed E-state index contributed by atoms with van der Waals surface area (Å²) in [6, 6.07) is 2.05. The molecular weight excluding hydrogens is 298 g/mol. The molecule has 7 heteroatoms. The normalized spacial score (nSPS) is 11.2. The molecule has 3 aromatic rings. The minimum Gasteiger partial charge on any atom is -0.321 e. The zero-order chi connectivity index (χ0) is 15.0. The van der Waals surface area contributed by atoms with Crippen LogP contribution in [0.2, 0.25) is 0 Å². The number of alkyl halides is 1. The summed E-state index contributed by atoms with van der Waals surface area (Å²) in [5.41, 5.74) is 1.91. The summed E-state index contributed by atoms with van der Waals surface area (Å²) in [6.07, 6.45) is 3.25. The number of aromatic nitrogens is 4. The molecule has 0 aliphatic carbocycles. The molecular formula is C14H11ClF2N4. The Labute approximate surface area is 124 Å². The molecule has 0 atom stereocenters. The van der Waals surface area contributed by atoms with Gasteiger partial charge in [-0.2, -0.15) is 0 Å². The van der Waals surface area contributed by atoms with Crippen molar-refractivity contribution >= 4 is 22.6 Å². The Morgan fingerprint density at radius 3 is 2.67 bits per heavy atom. The minimum atomic E-state index is -0.704. The molecule has 0 aliphatic heterocycles. The largest absolute Gasteiger partial charge is 0.321 e. The van der Waals surface area contributed by atoms with Crippen LogP contribution in [0.4, 0.5) is 8.78 Å². The van der Waals surface area contributed by atoms with Crippen LogP contribution >= 0.6 is 11.6 Å². The van der Waals surface area contributed by atoms with E-state index in [0.29, 0.717) is 23.6 Å². The average molecular weight is 309 g/mol. The van der Waals surface area contributed by atoms with Gasteiger partial charge in [-0.15, -0.1) is 11.6 Å². The van der Waals surface area contributed by atoms with Crippen LogP contribution in [-0.4, -0.2) is 19.5 Å². The fourth-order valence-electron chi connectivity index (χ4n) is 2.14. The van der Waals surface area contributed by atoms with Gasteiger partial charge in [0.25, 0.3) is 0 Å². The number of rotatable bonds is 3. The first-order valence-corrected chi connectivity index (χ1v) is 6.79. The third-order valence-electron chi connectivity index (χ3n) is 3.13. The Bertz CT molecular complexity index is 799. The molecule has 2 aromatic heterocycles. The highest BCUT2D eigenvalue weighted by molar-refractivity contribution is 6.16. The van der Waals surface area contributed by atoms with E-state index in [9.17, 15) is 8.78 Å². The monoisotopic (exact) mass is 308 g/mol. The summed E-state index contributed by atoms with van der Waals surface area (Å²) in [4.78, 5) is 12.5. The third-order valence-corrected chi connectivity index (χ3v) is 3.36. The predicted octanol–water partition coefficient (Wildman–Crippen LogP) is 3.20. The van der Waals surface area contributed by atoms with Crippen molar-refractivity contribution < 1.29 is 8.78 Å². The number of benzene rings is 1. The van der Waals surface area contributed by atoms with Gasteiger partial charge in [-0.25, -0.2) is 13.8 Å². The van der Waals surface area contributed by atoms with Crippen molar-refractivity contribution in [2.45, 2.75) is 19.3 Å². The van der Waals surface area contributed by atoms with Crippen molar-refractivity contribution in [3.05, 3.63) is 53.4 Å². The first kappa shape index (κ1) is 13.9. The van der Waals surface area contributed by atoms with Gasteiger partial charge in [0.05, 0.1) is 35.5 Å². The lowest BCUT2D eigenvalue weighted by atomic mass is 10.3. The van der Waals surface area contributed by atoms with Crippen LogP contribution in [0.25, 0.3) is 11.0 Å². The van der Waals surface area contributed by atoms with Gasteiger partial charge in [-0.1, -0.05) is 0 Å². The molecule has 0 saturated heterocycles. The van der Waals surface area contributed by atoms with Crippen LogP contribution in [0, 0.1) is 18.6 Å². The first-order chi connectivity index (χ1) is 10.1. The molecule has 0 radical (unpaired) electrons. The highest BCUT2D eigenvalue weighted by Crippen LogP contribution is 2.22. The van der Waals surface area contributed by atoms with Gasteiger partial charge in [0, 0.05) is 12.3 Å². The first-order valence-electron chi connectivity index (χ1n) is 6.26. The molecule has 0 saturated carbocycles. The van der Waals surface area contributed by atoms with Crippen LogP contribution in [-0.2, 0) is 12.4 Å². The molecule has 0 N–H and O–H groups in total. The number of hydrogen-bond acceptors (Lipinski definition) is 3. The van der Waals surface area contributed by atoms with E-state index in [1.54, 1.807) is 17.0 Å². The van der Waals surface area contributed by atoms with Gasteiger partial charge in [-0.05, 0) is 13.0 Å². The second-order valence-corrected chi connectivity index (χ2v) is 4.92. The van der Waals surface area contributed by atoms with E-state index in [1.807, 2.05) is 6.92 Å². The second-order valence-electron chi connectivity index (χ2n) is 4.65. The van der Waals surface area contributed by atoms with Gasteiger partial charge in [0.15, 0.2) is 5.82 Å². The van der Waals surface area contributed by atoms with Crippen LogP contribution in [0.5, 0.6) is 0 Å². The van der Waals surface area contributed by atoms with Crippen LogP contribution in [0.15, 0.2) is 24.5 Å². The van der Waals surface area contributed by atoms with Crippen LogP contribution in [0.1, 0.15) is 17.2 Å². The topological polar surface area (TPSA) is 43.6 Å². The van der Waals surface area contributed by atoms with Crippen molar-refractivity contribution in [2.24, 2.45) is 0 Å². The molecule has 0 bridgehead atoms. The lowest BCUT2D eigenvalue weighted by Gasteiger charge is -2.07. The fraction of sp³-hybridized carbons (Fsp3) is 0.214. The lowest BCUT2D eigenvalue weighted by Crippen LogP contribution is -2.06. The molecule has 4 nitrogen and oxygen atoms in total. The molecule has 0 aliphatic rings. The molecule has 21 heavy (non-hydrogen) atoms. The van der Waals surface area contributed by atoms with Gasteiger partial charge < -0.3 is 4.57 Å². The maximum absolute atomic E-state index is 13.8. The molecule has 108 valence electrons. The van der Waals surface area contributed by atoms with Gasteiger partial charge in [0.2, 0.25) is 0 Å². The van der Waals surface area contributed by atoms with Crippen molar-refractivity contribution in [1.29, 1.82) is 0 Å². The number of fused-ring (bicyclic) bond motifs is 1. The lowest BCUT2D eigenvalue weighted by molar-refractivity contribution is 0.590. The van der Waals surface area contributed by atoms with E-state index in [2.05, 4.69) is 15.0 Å². The van der Waals surface area contributed by atoms with E-state index in [0.717, 1.165) is 11.8 Å². The number of nitrogens with zero attached hydrogens (tertiary/aromatic N) is 4. The summed E-state index contributed by atoms with van der Waals surface area (Å²) in [5.74, 6) is -0.810. The van der Waals surface area contributed by atoms with E-state index in [-0.39, 0.29) is 11.4 Å². The average Bonchev–Trinajstić information content (AvgIpc) is 2.80. The molecule has 2 heterocycles. The molecule has 0 fully saturated rings. The highest BCUT2D eigenvalue weighted by atomic mass is 35.5. The zero-order valence-electron chi connectivity index (χ0n) is 11.1. The Balaban J connectivity index is 2.13. The number of imidazole rings is 1. The maximum Gasteiger partial charge on any atom is 0.153 e. The standard InChI is InChI=1S/C14H11ClF2N4/c1-8-5-19-10(6-18-8)7-21-12-3-9(16)2-11(17)14(12)20-13(21)4-15/h2-3,5-6H,4,7H2,1H3.